The molecule has 172 valence electrons. The summed E-state index contributed by atoms with van der Waals surface area (Å²) in [5.41, 5.74) is 7.89. The zero-order valence-electron chi connectivity index (χ0n) is 18.1. The number of nitrogens with zero attached hydrogens (tertiary/aromatic N) is 3. The molecule has 1 unspecified atom stereocenters. The first-order chi connectivity index (χ1) is 16.3. The van der Waals surface area contributed by atoms with Crippen molar-refractivity contribution in [2.24, 2.45) is 5.73 Å². The monoisotopic (exact) mass is 477 g/mol. The zero-order valence-corrected chi connectivity index (χ0v) is 18.8. The third-order valence-electron chi connectivity index (χ3n) is 5.04. The Morgan fingerprint density at radius 1 is 1.12 bits per heavy atom. The Morgan fingerprint density at radius 3 is 2.50 bits per heavy atom. The molecule has 0 saturated carbocycles. The molecule has 0 saturated heterocycles. The van der Waals surface area contributed by atoms with Crippen LogP contribution in [0.2, 0.25) is 5.02 Å². The number of nitrogens with two attached hydrogens (primary N) is 1. The molecular weight excluding hydrogens is 458 g/mol. The molecule has 0 aliphatic heterocycles. The summed E-state index contributed by atoms with van der Waals surface area (Å²) in [7, 11) is 0. The maximum absolute atomic E-state index is 13.1. The van der Waals surface area contributed by atoms with Crippen molar-refractivity contribution in [3.05, 3.63) is 83.0 Å². The molecule has 0 aliphatic rings. The van der Waals surface area contributed by atoms with E-state index in [1.165, 1.54) is 13.1 Å². The molecule has 2 aromatic heterocycles. The van der Waals surface area contributed by atoms with Crippen molar-refractivity contribution in [2.75, 3.05) is 0 Å². The number of nitrogens with one attached hydrogen (secondary N) is 1. The second-order valence-electron chi connectivity index (χ2n) is 7.49. The van der Waals surface area contributed by atoms with E-state index in [-0.39, 0.29) is 5.56 Å². The summed E-state index contributed by atoms with van der Waals surface area (Å²) < 4.78 is 6.97. The highest BCUT2D eigenvalue weighted by Crippen LogP contribution is 2.26. The fourth-order valence-corrected chi connectivity index (χ4v) is 3.48. The molecule has 0 spiro atoms. The van der Waals surface area contributed by atoms with E-state index < -0.39 is 24.0 Å². The molecule has 0 radical (unpaired) electrons. The molecule has 9 nitrogen and oxygen atoms in total. The smallest absolute Gasteiger partial charge is 0.339 e. The van der Waals surface area contributed by atoms with Crippen LogP contribution in [0.1, 0.15) is 22.8 Å². The quantitative estimate of drug-likeness (QED) is 0.408. The average molecular weight is 478 g/mol. The van der Waals surface area contributed by atoms with Gasteiger partial charge < -0.3 is 10.5 Å². The minimum absolute atomic E-state index is 0.185. The van der Waals surface area contributed by atoms with Crippen LogP contribution in [0.25, 0.3) is 22.3 Å². The van der Waals surface area contributed by atoms with Crippen molar-refractivity contribution < 1.29 is 19.1 Å². The number of urea groups is 1. The summed E-state index contributed by atoms with van der Waals surface area (Å²) in [5.74, 6) is -1.59. The molecule has 4 aromatic rings. The number of imide groups is 1. The normalized spacial score (nSPS) is 11.7. The lowest BCUT2D eigenvalue weighted by atomic mass is 10.1. The van der Waals surface area contributed by atoms with Gasteiger partial charge in [0.05, 0.1) is 29.4 Å². The Morgan fingerprint density at radius 2 is 1.82 bits per heavy atom. The molecule has 0 fully saturated rings. The number of primary amides is 1. The predicted octanol–water partition coefficient (Wildman–Crippen LogP) is 3.54. The maximum Gasteiger partial charge on any atom is 0.339 e. The van der Waals surface area contributed by atoms with Crippen molar-refractivity contribution in [3.8, 4) is 11.3 Å². The molecule has 2 heterocycles. The Balaban J connectivity index is 1.75. The Bertz CT molecular complexity index is 1370. The number of amides is 3. The van der Waals surface area contributed by atoms with E-state index in [2.05, 4.69) is 5.10 Å². The number of aromatic nitrogens is 3. The van der Waals surface area contributed by atoms with Crippen molar-refractivity contribution >= 4 is 40.5 Å². The molecule has 0 aliphatic carbocycles. The SMILES string of the molecule is CC(OC(=O)c1cc(-c2ccccc2)nc2c1cnn2Cc1ccc(Cl)cc1)C(=O)NC(N)=O. The number of ether oxygens (including phenoxy) is 1. The number of hydrogen-bond donors (Lipinski definition) is 2. The lowest BCUT2D eigenvalue weighted by molar-refractivity contribution is -0.127. The van der Waals surface area contributed by atoms with Crippen molar-refractivity contribution in [2.45, 2.75) is 19.6 Å². The van der Waals surface area contributed by atoms with Crippen LogP contribution < -0.4 is 11.1 Å². The van der Waals surface area contributed by atoms with Gasteiger partial charge in [-0.1, -0.05) is 54.1 Å². The summed E-state index contributed by atoms with van der Waals surface area (Å²) in [6, 6.07) is 17.2. The largest absolute Gasteiger partial charge is 0.449 e. The Kier molecular flexibility index (Phi) is 6.55. The van der Waals surface area contributed by atoms with Gasteiger partial charge in [-0.25, -0.2) is 19.3 Å². The van der Waals surface area contributed by atoms with Crippen LogP contribution >= 0.6 is 11.6 Å². The van der Waals surface area contributed by atoms with Gasteiger partial charge in [-0.05, 0) is 30.7 Å². The molecule has 2 aromatic carbocycles. The molecule has 34 heavy (non-hydrogen) atoms. The van der Waals surface area contributed by atoms with Crippen molar-refractivity contribution in [1.82, 2.24) is 20.1 Å². The van der Waals surface area contributed by atoms with Crippen LogP contribution in [0.3, 0.4) is 0 Å². The number of benzene rings is 2. The number of halogens is 1. The number of esters is 1. The van der Waals surface area contributed by atoms with E-state index in [1.54, 1.807) is 22.9 Å². The molecule has 10 heteroatoms. The summed E-state index contributed by atoms with van der Waals surface area (Å²) in [6.45, 7) is 1.74. The summed E-state index contributed by atoms with van der Waals surface area (Å²) >= 11 is 5.98. The standard InChI is InChI=1S/C24H20ClN5O4/c1-14(22(31)29-24(26)33)34-23(32)18-11-20(16-5-3-2-4-6-16)28-21-19(18)12-27-30(21)13-15-7-9-17(25)10-8-15/h2-12,14H,13H2,1H3,(H3,26,29,31,33). The highest BCUT2D eigenvalue weighted by atomic mass is 35.5. The van der Waals surface area contributed by atoms with Crippen LogP contribution in [0.4, 0.5) is 4.79 Å². The number of rotatable bonds is 6. The van der Waals surface area contributed by atoms with E-state index >= 15 is 0 Å². The first kappa shape index (κ1) is 22.9. The summed E-state index contributed by atoms with van der Waals surface area (Å²) in [4.78, 5) is 40.7. The maximum atomic E-state index is 13.1. The minimum atomic E-state index is -1.24. The number of carbonyl (C=O) groups excluding carboxylic acids is 3. The van der Waals surface area contributed by atoms with Gasteiger partial charge in [0.2, 0.25) is 0 Å². The number of hydrogen-bond acceptors (Lipinski definition) is 6. The average Bonchev–Trinajstić information content (AvgIpc) is 3.22. The van der Waals surface area contributed by atoms with E-state index in [4.69, 9.17) is 27.1 Å². The summed E-state index contributed by atoms with van der Waals surface area (Å²) in [6.07, 6.45) is 0.283. The third-order valence-corrected chi connectivity index (χ3v) is 5.30. The van der Waals surface area contributed by atoms with Gasteiger partial charge in [0.15, 0.2) is 11.8 Å². The van der Waals surface area contributed by atoms with Gasteiger partial charge in [0, 0.05) is 10.6 Å². The second kappa shape index (κ2) is 9.72. The molecule has 0 bridgehead atoms. The molecule has 3 amide bonds. The van der Waals surface area contributed by atoms with Gasteiger partial charge in [-0.2, -0.15) is 5.10 Å². The van der Waals surface area contributed by atoms with Gasteiger partial charge in [0.1, 0.15) is 0 Å². The third kappa shape index (κ3) is 5.05. The predicted molar refractivity (Wildman–Crippen MR) is 126 cm³/mol. The van der Waals surface area contributed by atoms with Crippen LogP contribution in [0, 0.1) is 0 Å². The molecule has 1 atom stereocenters. The first-order valence-electron chi connectivity index (χ1n) is 10.3. The highest BCUT2D eigenvalue weighted by Gasteiger charge is 2.24. The lowest BCUT2D eigenvalue weighted by Crippen LogP contribution is -2.42. The number of carbonyl (C=O) groups is 3. The molecule has 4 rings (SSSR count). The fourth-order valence-electron chi connectivity index (χ4n) is 3.35. The Hall–Kier alpha value is -4.24. The second-order valence-corrected chi connectivity index (χ2v) is 7.92. The topological polar surface area (TPSA) is 129 Å². The van der Waals surface area contributed by atoms with Crippen LogP contribution in [0.15, 0.2) is 66.9 Å². The van der Waals surface area contributed by atoms with Crippen LogP contribution in [0.5, 0.6) is 0 Å². The number of pyridine rings is 1. The van der Waals surface area contributed by atoms with Crippen molar-refractivity contribution in [1.29, 1.82) is 0 Å². The van der Waals surface area contributed by atoms with E-state index in [1.807, 2.05) is 47.8 Å². The van der Waals surface area contributed by atoms with Crippen molar-refractivity contribution in [3.63, 3.8) is 0 Å². The van der Waals surface area contributed by atoms with Gasteiger partial charge in [-0.3, -0.25) is 10.1 Å². The van der Waals surface area contributed by atoms with Crippen LogP contribution in [-0.2, 0) is 16.1 Å². The fraction of sp³-hybridized carbons (Fsp3) is 0.125. The number of fused-ring (bicyclic) bond motifs is 1. The Labute approximate surface area is 199 Å². The van der Waals surface area contributed by atoms with E-state index in [0.717, 1.165) is 11.1 Å². The highest BCUT2D eigenvalue weighted by molar-refractivity contribution is 6.30. The van der Waals surface area contributed by atoms with Gasteiger partial charge in [0.25, 0.3) is 5.91 Å². The van der Waals surface area contributed by atoms with Crippen LogP contribution in [-0.4, -0.2) is 38.8 Å². The van der Waals surface area contributed by atoms with E-state index in [9.17, 15) is 14.4 Å². The summed E-state index contributed by atoms with van der Waals surface area (Å²) in [5, 5.41) is 7.39. The van der Waals surface area contributed by atoms with Gasteiger partial charge in [-0.15, -0.1) is 0 Å². The molecular formula is C24H20ClN5O4. The zero-order chi connectivity index (χ0) is 24.2. The minimum Gasteiger partial charge on any atom is -0.449 e. The molecule has 3 N–H and O–H groups in total. The van der Waals surface area contributed by atoms with Gasteiger partial charge >= 0.3 is 12.0 Å². The lowest BCUT2D eigenvalue weighted by Gasteiger charge is -2.13. The van der Waals surface area contributed by atoms with E-state index in [0.29, 0.717) is 28.3 Å². The first-order valence-corrected chi connectivity index (χ1v) is 10.7.